The van der Waals surface area contributed by atoms with Crippen LogP contribution in [0.3, 0.4) is 0 Å². The second-order valence-corrected chi connectivity index (χ2v) is 6.48. The molecular formula is C17H26N4O3. The molecule has 0 N–H and O–H groups in total. The minimum absolute atomic E-state index is 0.00440. The van der Waals surface area contributed by atoms with E-state index in [2.05, 4.69) is 16.9 Å². The quantitative estimate of drug-likeness (QED) is 0.818. The average molecular weight is 334 g/mol. The van der Waals surface area contributed by atoms with Gasteiger partial charge in [0.05, 0.1) is 18.9 Å². The van der Waals surface area contributed by atoms with Gasteiger partial charge in [0.1, 0.15) is 6.61 Å². The third kappa shape index (κ3) is 3.62. The number of amides is 1. The minimum atomic E-state index is -0.00440. The predicted octanol–water partition coefficient (Wildman–Crippen LogP) is 0.984. The summed E-state index contributed by atoms with van der Waals surface area (Å²) < 4.78 is 11.0. The van der Waals surface area contributed by atoms with Gasteiger partial charge in [0.2, 0.25) is 5.88 Å². The Morgan fingerprint density at radius 1 is 1.21 bits per heavy atom. The number of piperidine rings is 1. The maximum absolute atomic E-state index is 12.6. The Labute approximate surface area is 143 Å². The summed E-state index contributed by atoms with van der Waals surface area (Å²) in [7, 11) is 5.68. The number of carbonyl (C=O) groups excluding carboxylic acids is 1. The van der Waals surface area contributed by atoms with Crippen LogP contribution in [0.4, 0.5) is 11.5 Å². The lowest BCUT2D eigenvalue weighted by molar-refractivity contribution is -0.126. The first-order valence-corrected chi connectivity index (χ1v) is 8.45. The molecule has 0 bridgehead atoms. The van der Waals surface area contributed by atoms with Crippen LogP contribution >= 0.6 is 0 Å². The standard InChI is InChI=1S/C17H26N4O3/c1-19-8-6-13(7-9-19)24-12-16(22)21-11-10-20(2)17-14(21)4-5-15(18-17)23-3/h4-5,13H,6-12H2,1-3H3. The van der Waals surface area contributed by atoms with Crippen molar-refractivity contribution in [2.75, 3.05) is 63.8 Å². The van der Waals surface area contributed by atoms with Crippen molar-refractivity contribution in [2.45, 2.75) is 18.9 Å². The van der Waals surface area contributed by atoms with E-state index in [4.69, 9.17) is 9.47 Å². The summed E-state index contributed by atoms with van der Waals surface area (Å²) in [6, 6.07) is 3.68. The highest BCUT2D eigenvalue weighted by Crippen LogP contribution is 2.32. The first-order valence-electron chi connectivity index (χ1n) is 8.45. The van der Waals surface area contributed by atoms with Gasteiger partial charge in [-0.15, -0.1) is 0 Å². The summed E-state index contributed by atoms with van der Waals surface area (Å²) in [5.74, 6) is 1.32. The number of carbonyl (C=O) groups is 1. The van der Waals surface area contributed by atoms with Gasteiger partial charge in [-0.2, -0.15) is 4.98 Å². The molecule has 0 aliphatic carbocycles. The summed E-state index contributed by atoms with van der Waals surface area (Å²) in [5.41, 5.74) is 0.821. The molecule has 7 nitrogen and oxygen atoms in total. The van der Waals surface area contributed by atoms with Crippen molar-refractivity contribution >= 4 is 17.4 Å². The fourth-order valence-electron chi connectivity index (χ4n) is 3.18. The molecule has 2 aliphatic heterocycles. The molecule has 1 saturated heterocycles. The fourth-order valence-corrected chi connectivity index (χ4v) is 3.18. The first-order chi connectivity index (χ1) is 11.6. The first kappa shape index (κ1) is 17.0. The minimum Gasteiger partial charge on any atom is -0.481 e. The van der Waals surface area contributed by atoms with Gasteiger partial charge in [-0.3, -0.25) is 4.79 Å². The second kappa shape index (κ2) is 7.36. The summed E-state index contributed by atoms with van der Waals surface area (Å²) in [6.07, 6.45) is 2.16. The van der Waals surface area contributed by atoms with E-state index in [0.29, 0.717) is 12.4 Å². The number of pyridine rings is 1. The topological polar surface area (TPSA) is 58.1 Å². The van der Waals surface area contributed by atoms with Gasteiger partial charge >= 0.3 is 0 Å². The van der Waals surface area contributed by atoms with E-state index in [9.17, 15) is 4.79 Å². The number of likely N-dealkylation sites (N-methyl/N-ethyl adjacent to an activating group) is 1. The smallest absolute Gasteiger partial charge is 0.253 e. The van der Waals surface area contributed by atoms with Gasteiger partial charge < -0.3 is 24.2 Å². The lowest BCUT2D eigenvalue weighted by Gasteiger charge is -2.35. The van der Waals surface area contributed by atoms with Crippen LogP contribution in [0.25, 0.3) is 0 Å². The van der Waals surface area contributed by atoms with Crippen LogP contribution in [0.2, 0.25) is 0 Å². The van der Waals surface area contributed by atoms with Crippen molar-refractivity contribution in [3.63, 3.8) is 0 Å². The van der Waals surface area contributed by atoms with E-state index in [1.54, 1.807) is 18.1 Å². The number of ether oxygens (including phenoxy) is 2. The monoisotopic (exact) mass is 334 g/mol. The number of anilines is 2. The Bertz CT molecular complexity index is 587. The molecule has 0 radical (unpaired) electrons. The number of hydrogen-bond donors (Lipinski definition) is 0. The Morgan fingerprint density at radius 2 is 1.96 bits per heavy atom. The van der Waals surface area contributed by atoms with Crippen LogP contribution in [0.5, 0.6) is 5.88 Å². The maximum atomic E-state index is 12.6. The van der Waals surface area contributed by atoms with Crippen LogP contribution in [0.15, 0.2) is 12.1 Å². The van der Waals surface area contributed by atoms with Crippen molar-refractivity contribution in [3.8, 4) is 5.88 Å². The van der Waals surface area contributed by atoms with Crippen LogP contribution in [-0.2, 0) is 9.53 Å². The number of likely N-dealkylation sites (tertiary alicyclic amines) is 1. The molecule has 3 heterocycles. The van der Waals surface area contributed by atoms with E-state index in [1.165, 1.54) is 0 Å². The van der Waals surface area contributed by atoms with E-state index >= 15 is 0 Å². The molecule has 3 rings (SSSR count). The summed E-state index contributed by atoms with van der Waals surface area (Å²) >= 11 is 0. The van der Waals surface area contributed by atoms with Crippen molar-refractivity contribution in [2.24, 2.45) is 0 Å². The Morgan fingerprint density at radius 3 is 2.67 bits per heavy atom. The predicted molar refractivity (Wildman–Crippen MR) is 92.9 cm³/mol. The van der Waals surface area contributed by atoms with Crippen LogP contribution in [0.1, 0.15) is 12.8 Å². The molecule has 1 aromatic heterocycles. The molecule has 0 spiro atoms. The molecule has 0 unspecified atom stereocenters. The van der Waals surface area contributed by atoms with Gasteiger partial charge in [-0.1, -0.05) is 0 Å². The molecule has 1 amide bonds. The number of methoxy groups -OCH3 is 1. The molecule has 7 heteroatoms. The van der Waals surface area contributed by atoms with Crippen LogP contribution in [-0.4, -0.2) is 75.9 Å². The lowest BCUT2D eigenvalue weighted by atomic mass is 10.1. The van der Waals surface area contributed by atoms with Crippen molar-refractivity contribution in [3.05, 3.63) is 12.1 Å². The highest BCUT2D eigenvalue weighted by atomic mass is 16.5. The van der Waals surface area contributed by atoms with Gasteiger partial charge in [0.15, 0.2) is 5.82 Å². The third-order valence-corrected chi connectivity index (χ3v) is 4.76. The van der Waals surface area contributed by atoms with E-state index in [-0.39, 0.29) is 18.6 Å². The number of fused-ring (bicyclic) bond motifs is 1. The third-order valence-electron chi connectivity index (χ3n) is 4.76. The van der Waals surface area contributed by atoms with E-state index in [0.717, 1.165) is 44.0 Å². The maximum Gasteiger partial charge on any atom is 0.253 e. The number of aromatic nitrogens is 1. The molecule has 132 valence electrons. The molecular weight excluding hydrogens is 308 g/mol. The van der Waals surface area contributed by atoms with Gasteiger partial charge in [-0.25, -0.2) is 0 Å². The summed E-state index contributed by atoms with van der Waals surface area (Å²) in [6.45, 7) is 3.57. The zero-order valence-electron chi connectivity index (χ0n) is 14.7. The number of nitrogens with zero attached hydrogens (tertiary/aromatic N) is 4. The van der Waals surface area contributed by atoms with Gasteiger partial charge in [-0.05, 0) is 26.0 Å². The zero-order chi connectivity index (χ0) is 17.1. The average Bonchev–Trinajstić information content (AvgIpc) is 2.61. The lowest BCUT2D eigenvalue weighted by Crippen LogP contribution is -2.45. The van der Waals surface area contributed by atoms with Crippen LogP contribution in [0, 0.1) is 0 Å². The summed E-state index contributed by atoms with van der Waals surface area (Å²) in [4.78, 5) is 23.2. The summed E-state index contributed by atoms with van der Waals surface area (Å²) in [5, 5.41) is 0. The Balaban J connectivity index is 1.64. The van der Waals surface area contributed by atoms with Gasteiger partial charge in [0.25, 0.3) is 5.91 Å². The highest BCUT2D eigenvalue weighted by Gasteiger charge is 2.28. The fraction of sp³-hybridized carbons (Fsp3) is 0.647. The molecule has 0 atom stereocenters. The van der Waals surface area contributed by atoms with Crippen molar-refractivity contribution in [1.82, 2.24) is 9.88 Å². The Hall–Kier alpha value is -1.86. The molecule has 0 saturated carbocycles. The molecule has 1 fully saturated rings. The molecule has 1 aromatic rings. The SMILES string of the molecule is COc1ccc2c(n1)N(C)CCN2C(=O)COC1CCN(C)CC1. The van der Waals surface area contributed by atoms with Crippen LogP contribution < -0.4 is 14.5 Å². The van der Waals surface area contributed by atoms with Crippen molar-refractivity contribution in [1.29, 1.82) is 0 Å². The van der Waals surface area contributed by atoms with E-state index < -0.39 is 0 Å². The van der Waals surface area contributed by atoms with E-state index in [1.807, 2.05) is 18.0 Å². The highest BCUT2D eigenvalue weighted by molar-refractivity contribution is 5.98. The largest absolute Gasteiger partial charge is 0.481 e. The van der Waals surface area contributed by atoms with Gasteiger partial charge in [0, 0.05) is 39.3 Å². The van der Waals surface area contributed by atoms with Crippen molar-refractivity contribution < 1.29 is 14.3 Å². The molecule has 2 aliphatic rings. The molecule has 0 aromatic carbocycles. The second-order valence-electron chi connectivity index (χ2n) is 6.48. The zero-order valence-corrected chi connectivity index (χ0v) is 14.7. The normalized spacial score (nSPS) is 19.3. The molecule has 24 heavy (non-hydrogen) atoms. The number of hydrogen-bond acceptors (Lipinski definition) is 6. The Kier molecular flexibility index (Phi) is 5.20. The number of rotatable bonds is 4.